The van der Waals surface area contributed by atoms with Gasteiger partial charge in [-0.3, -0.25) is 14.9 Å². The molecule has 0 radical (unpaired) electrons. The lowest BCUT2D eigenvalue weighted by atomic mass is 9.63. The van der Waals surface area contributed by atoms with E-state index in [1.54, 1.807) is 6.08 Å². The number of carboxylic acid groups (broad SMARTS) is 1. The molecule has 1 N–H and O–H groups in total. The van der Waals surface area contributed by atoms with Gasteiger partial charge in [0.05, 0.1) is 16.3 Å². The third-order valence-electron chi connectivity index (χ3n) is 5.47. The molecule has 0 unspecified atom stereocenters. The standard InChI is InChI=1S/C22H22N2O5/c1-15-11-12-22(21(26)27,20(25)23-14-16-5-3-2-4-6-16)19(13-15)17-7-9-18(10-8-17)24(28)29/h2-11,19H,12-14H2,1H3,(H,23,25)(H,26,27)/p-1/t19-,22+/m1/s1. The number of nitrogens with one attached hydrogen (secondary N) is 1. The molecular weight excluding hydrogens is 372 g/mol. The van der Waals surface area contributed by atoms with E-state index in [2.05, 4.69) is 5.32 Å². The van der Waals surface area contributed by atoms with E-state index in [1.165, 1.54) is 24.3 Å². The van der Waals surface area contributed by atoms with Crippen molar-refractivity contribution in [3.63, 3.8) is 0 Å². The van der Waals surface area contributed by atoms with Gasteiger partial charge in [0.2, 0.25) is 5.91 Å². The molecule has 0 fully saturated rings. The van der Waals surface area contributed by atoms with Gasteiger partial charge in [-0.05, 0) is 30.9 Å². The predicted molar refractivity (Wildman–Crippen MR) is 105 cm³/mol. The number of carboxylic acids is 1. The molecule has 1 amide bonds. The van der Waals surface area contributed by atoms with E-state index in [1.807, 2.05) is 37.3 Å². The monoisotopic (exact) mass is 393 g/mol. The molecule has 7 nitrogen and oxygen atoms in total. The number of aliphatic carboxylic acids is 1. The number of nitrogens with zero attached hydrogens (tertiary/aromatic N) is 1. The number of non-ortho nitro benzene ring substituents is 1. The lowest BCUT2D eigenvalue weighted by Gasteiger charge is -2.43. The van der Waals surface area contributed by atoms with Crippen LogP contribution in [0.3, 0.4) is 0 Å². The third kappa shape index (κ3) is 4.03. The van der Waals surface area contributed by atoms with Gasteiger partial charge in [-0.25, -0.2) is 0 Å². The Morgan fingerprint density at radius 2 is 1.79 bits per heavy atom. The first-order chi connectivity index (χ1) is 13.8. The highest BCUT2D eigenvalue weighted by Gasteiger charge is 2.48. The molecule has 2 aromatic carbocycles. The third-order valence-corrected chi connectivity index (χ3v) is 5.47. The number of amides is 1. The van der Waals surface area contributed by atoms with Crippen molar-refractivity contribution < 1.29 is 19.6 Å². The topological polar surface area (TPSA) is 112 Å². The van der Waals surface area contributed by atoms with Crippen LogP contribution in [0.4, 0.5) is 5.69 Å². The highest BCUT2D eigenvalue weighted by molar-refractivity contribution is 6.02. The molecule has 3 rings (SSSR count). The summed E-state index contributed by atoms with van der Waals surface area (Å²) in [6.45, 7) is 2.07. The molecule has 2 aromatic rings. The maximum atomic E-state index is 13.1. The minimum absolute atomic E-state index is 0.00342. The van der Waals surface area contributed by atoms with Crippen LogP contribution in [0.2, 0.25) is 0 Å². The smallest absolute Gasteiger partial charge is 0.269 e. The van der Waals surface area contributed by atoms with Gasteiger partial charge in [0.1, 0.15) is 0 Å². The van der Waals surface area contributed by atoms with Crippen LogP contribution in [0.25, 0.3) is 0 Å². The van der Waals surface area contributed by atoms with Crippen LogP contribution in [0.15, 0.2) is 66.2 Å². The fourth-order valence-electron chi connectivity index (χ4n) is 3.79. The van der Waals surface area contributed by atoms with Crippen LogP contribution in [-0.4, -0.2) is 16.8 Å². The number of allylic oxidation sites excluding steroid dienone is 2. The minimum Gasteiger partial charge on any atom is -0.549 e. The summed E-state index contributed by atoms with van der Waals surface area (Å²) < 4.78 is 0. The average Bonchev–Trinajstić information content (AvgIpc) is 2.72. The fraction of sp³-hybridized carbons (Fsp3) is 0.273. The van der Waals surface area contributed by atoms with Gasteiger partial charge in [0.25, 0.3) is 5.69 Å². The summed E-state index contributed by atoms with van der Waals surface area (Å²) in [6.07, 6.45) is 2.10. The van der Waals surface area contributed by atoms with E-state index in [-0.39, 0.29) is 18.7 Å². The van der Waals surface area contributed by atoms with Crippen molar-refractivity contribution in [1.82, 2.24) is 5.32 Å². The second kappa shape index (κ2) is 8.26. The van der Waals surface area contributed by atoms with Gasteiger partial charge in [0, 0.05) is 24.6 Å². The molecule has 1 aliphatic carbocycles. The molecule has 0 aliphatic heterocycles. The van der Waals surface area contributed by atoms with Gasteiger partial charge >= 0.3 is 0 Å². The number of nitro benzene ring substituents is 1. The Labute approximate surface area is 168 Å². The predicted octanol–water partition coefficient (Wildman–Crippen LogP) is 2.47. The molecule has 0 heterocycles. The quantitative estimate of drug-likeness (QED) is 0.351. The lowest BCUT2D eigenvalue weighted by Crippen LogP contribution is -2.56. The summed E-state index contributed by atoms with van der Waals surface area (Å²) in [4.78, 5) is 35.8. The number of rotatable bonds is 6. The van der Waals surface area contributed by atoms with Crippen molar-refractivity contribution in [1.29, 1.82) is 0 Å². The second-order valence-corrected chi connectivity index (χ2v) is 7.29. The first-order valence-corrected chi connectivity index (χ1v) is 9.28. The Kier molecular flexibility index (Phi) is 5.77. The number of benzene rings is 2. The summed E-state index contributed by atoms with van der Waals surface area (Å²) in [5.74, 6) is -2.75. The van der Waals surface area contributed by atoms with Gasteiger partial charge in [-0.15, -0.1) is 0 Å². The number of nitro groups is 1. The summed E-state index contributed by atoms with van der Waals surface area (Å²) in [7, 11) is 0. The van der Waals surface area contributed by atoms with Crippen LogP contribution >= 0.6 is 0 Å². The molecule has 150 valence electrons. The molecular formula is C22H21N2O5-. The van der Waals surface area contributed by atoms with Gasteiger partial charge in [-0.1, -0.05) is 54.1 Å². The van der Waals surface area contributed by atoms with E-state index in [0.29, 0.717) is 12.0 Å². The van der Waals surface area contributed by atoms with Gasteiger partial charge < -0.3 is 15.2 Å². The number of carbonyl (C=O) groups excluding carboxylic acids is 2. The van der Waals surface area contributed by atoms with E-state index < -0.39 is 28.1 Å². The minimum atomic E-state index is -1.79. The van der Waals surface area contributed by atoms with Crippen molar-refractivity contribution in [2.75, 3.05) is 0 Å². The van der Waals surface area contributed by atoms with Gasteiger partial charge in [0.15, 0.2) is 0 Å². The van der Waals surface area contributed by atoms with Crippen molar-refractivity contribution in [3.05, 3.63) is 87.5 Å². The van der Waals surface area contributed by atoms with Crippen LogP contribution in [0.1, 0.15) is 36.8 Å². The van der Waals surface area contributed by atoms with Crippen LogP contribution in [0, 0.1) is 15.5 Å². The van der Waals surface area contributed by atoms with Crippen molar-refractivity contribution in [2.45, 2.75) is 32.2 Å². The van der Waals surface area contributed by atoms with Crippen molar-refractivity contribution in [2.24, 2.45) is 5.41 Å². The van der Waals surface area contributed by atoms with Gasteiger partial charge in [-0.2, -0.15) is 0 Å². The first-order valence-electron chi connectivity index (χ1n) is 9.28. The Hall–Kier alpha value is -3.48. The number of hydrogen-bond acceptors (Lipinski definition) is 5. The molecule has 0 bridgehead atoms. The largest absolute Gasteiger partial charge is 0.549 e. The van der Waals surface area contributed by atoms with E-state index in [0.717, 1.165) is 11.1 Å². The van der Waals surface area contributed by atoms with E-state index in [9.17, 15) is 24.8 Å². The van der Waals surface area contributed by atoms with Crippen LogP contribution in [0.5, 0.6) is 0 Å². The molecule has 1 aliphatic rings. The Morgan fingerprint density at radius 1 is 1.14 bits per heavy atom. The molecule has 7 heteroatoms. The Bertz CT molecular complexity index is 953. The van der Waals surface area contributed by atoms with Crippen LogP contribution < -0.4 is 10.4 Å². The normalized spacial score (nSPS) is 21.1. The summed E-state index contributed by atoms with van der Waals surface area (Å²) in [6, 6.07) is 14.9. The van der Waals surface area contributed by atoms with Crippen LogP contribution in [-0.2, 0) is 16.1 Å². The highest BCUT2D eigenvalue weighted by atomic mass is 16.6. The maximum Gasteiger partial charge on any atom is 0.269 e. The zero-order chi connectivity index (χ0) is 21.0. The summed E-state index contributed by atoms with van der Waals surface area (Å²) in [5, 5.41) is 26.0. The maximum absolute atomic E-state index is 13.1. The number of hydrogen-bond donors (Lipinski definition) is 1. The van der Waals surface area contributed by atoms with Crippen molar-refractivity contribution >= 4 is 17.6 Å². The number of carbonyl (C=O) groups is 2. The SMILES string of the molecule is CC1=CC[C@@](C(=O)[O-])(C(=O)NCc2ccccc2)[C@@H](c2ccc([N+](=O)[O-])cc2)C1. The molecule has 0 aromatic heterocycles. The second-order valence-electron chi connectivity index (χ2n) is 7.29. The first kappa shape index (κ1) is 20.3. The summed E-state index contributed by atoms with van der Waals surface area (Å²) >= 11 is 0. The molecule has 0 spiro atoms. The average molecular weight is 393 g/mol. The van der Waals surface area contributed by atoms with E-state index >= 15 is 0 Å². The zero-order valence-electron chi connectivity index (χ0n) is 16.0. The van der Waals surface area contributed by atoms with Crippen molar-refractivity contribution in [3.8, 4) is 0 Å². The molecule has 0 saturated carbocycles. The van der Waals surface area contributed by atoms with E-state index in [4.69, 9.17) is 0 Å². The molecule has 2 atom stereocenters. The zero-order valence-corrected chi connectivity index (χ0v) is 16.0. The molecule has 29 heavy (non-hydrogen) atoms. The summed E-state index contributed by atoms with van der Waals surface area (Å²) in [5.41, 5.74) is 0.487. The highest BCUT2D eigenvalue weighted by Crippen LogP contribution is 2.47. The Balaban J connectivity index is 1.95. The molecule has 0 saturated heterocycles. The lowest BCUT2D eigenvalue weighted by molar-refractivity contribution is -0.384. The Morgan fingerprint density at radius 3 is 2.38 bits per heavy atom. The fourth-order valence-corrected chi connectivity index (χ4v) is 3.79.